The first-order valence-electron chi connectivity index (χ1n) is 6.20. The Balaban J connectivity index is 2.09. The maximum atomic E-state index is 5.38. The second-order valence-electron chi connectivity index (χ2n) is 5.15. The molecule has 0 unspecified atom stereocenters. The summed E-state index contributed by atoms with van der Waals surface area (Å²) >= 11 is 0. The molecular formula is C14H21N3O. The number of aromatic nitrogens is 2. The first-order chi connectivity index (χ1) is 8.53. The highest BCUT2D eigenvalue weighted by atomic mass is 16.5. The molecule has 1 aromatic heterocycles. The summed E-state index contributed by atoms with van der Waals surface area (Å²) in [5.74, 6) is 0. The fourth-order valence-corrected chi connectivity index (χ4v) is 1.97. The number of methoxy groups -OCH3 is 1. The summed E-state index contributed by atoms with van der Waals surface area (Å²) in [4.78, 5) is 0. The monoisotopic (exact) mass is 247 g/mol. The van der Waals surface area contributed by atoms with Crippen molar-refractivity contribution in [3.8, 4) is 0 Å². The molecule has 1 heterocycles. The number of rotatable bonds is 5. The molecule has 2 aromatic rings. The molecule has 4 heteroatoms. The maximum absolute atomic E-state index is 5.38. The molecule has 0 saturated heterocycles. The van der Waals surface area contributed by atoms with Crippen LogP contribution in [0.5, 0.6) is 0 Å². The number of ether oxygens (including phenoxy) is 1. The summed E-state index contributed by atoms with van der Waals surface area (Å²) in [6.07, 6.45) is 0. The third-order valence-corrected chi connectivity index (χ3v) is 3.23. The molecule has 1 aromatic carbocycles. The van der Waals surface area contributed by atoms with Crippen LogP contribution in [-0.2, 0) is 18.3 Å². The zero-order valence-electron chi connectivity index (χ0n) is 11.5. The van der Waals surface area contributed by atoms with Crippen molar-refractivity contribution < 1.29 is 4.74 Å². The average Bonchev–Trinajstić information content (AvgIpc) is 2.67. The summed E-state index contributed by atoms with van der Waals surface area (Å²) in [7, 11) is 3.71. The smallest absolute Gasteiger partial charge is 0.0841 e. The van der Waals surface area contributed by atoms with Crippen molar-refractivity contribution in [2.24, 2.45) is 7.05 Å². The van der Waals surface area contributed by atoms with Crippen molar-refractivity contribution in [2.45, 2.75) is 26.0 Å². The van der Waals surface area contributed by atoms with Crippen molar-refractivity contribution in [3.63, 3.8) is 0 Å². The van der Waals surface area contributed by atoms with Gasteiger partial charge in [0.1, 0.15) is 0 Å². The van der Waals surface area contributed by atoms with Crippen molar-refractivity contribution in [3.05, 3.63) is 30.0 Å². The molecular weight excluding hydrogens is 226 g/mol. The van der Waals surface area contributed by atoms with Gasteiger partial charge >= 0.3 is 0 Å². The number of fused-ring (bicyclic) bond motifs is 1. The van der Waals surface area contributed by atoms with Gasteiger partial charge in [-0.25, -0.2) is 0 Å². The molecule has 0 spiro atoms. The number of nitrogens with one attached hydrogen (secondary N) is 1. The highest BCUT2D eigenvalue weighted by Crippen LogP contribution is 2.17. The number of aryl methyl sites for hydroxylation is 1. The summed E-state index contributed by atoms with van der Waals surface area (Å²) < 4.78 is 7.30. The van der Waals surface area contributed by atoms with E-state index in [9.17, 15) is 0 Å². The van der Waals surface area contributed by atoms with Gasteiger partial charge in [0.05, 0.1) is 16.8 Å². The van der Waals surface area contributed by atoms with E-state index in [0.717, 1.165) is 18.8 Å². The van der Waals surface area contributed by atoms with Gasteiger partial charge in [0.25, 0.3) is 0 Å². The lowest BCUT2D eigenvalue weighted by molar-refractivity contribution is 0.0230. The number of hydrogen-bond acceptors (Lipinski definition) is 3. The molecule has 0 atom stereocenters. The van der Waals surface area contributed by atoms with Gasteiger partial charge < -0.3 is 10.1 Å². The van der Waals surface area contributed by atoms with E-state index in [4.69, 9.17) is 4.74 Å². The van der Waals surface area contributed by atoms with Crippen LogP contribution in [0.15, 0.2) is 24.3 Å². The highest BCUT2D eigenvalue weighted by molar-refractivity contribution is 5.81. The predicted octanol–water partition coefficient (Wildman–Crippen LogP) is 2.09. The van der Waals surface area contributed by atoms with Crippen LogP contribution in [0.4, 0.5) is 0 Å². The Morgan fingerprint density at radius 3 is 2.78 bits per heavy atom. The molecule has 0 aliphatic heterocycles. The molecule has 0 aliphatic carbocycles. The summed E-state index contributed by atoms with van der Waals surface area (Å²) in [6, 6.07) is 8.29. The molecule has 0 fully saturated rings. The number of nitrogens with zero attached hydrogens (tertiary/aromatic N) is 2. The molecule has 0 aliphatic rings. The molecule has 0 radical (unpaired) electrons. The Morgan fingerprint density at radius 1 is 1.33 bits per heavy atom. The van der Waals surface area contributed by atoms with E-state index in [1.54, 1.807) is 7.11 Å². The van der Waals surface area contributed by atoms with Crippen LogP contribution in [0.25, 0.3) is 10.9 Å². The topological polar surface area (TPSA) is 39.1 Å². The average molecular weight is 247 g/mol. The van der Waals surface area contributed by atoms with E-state index >= 15 is 0 Å². The Kier molecular flexibility index (Phi) is 3.68. The van der Waals surface area contributed by atoms with Crippen molar-refractivity contribution >= 4 is 10.9 Å². The molecule has 4 nitrogen and oxygen atoms in total. The van der Waals surface area contributed by atoms with E-state index < -0.39 is 0 Å². The van der Waals surface area contributed by atoms with Crippen LogP contribution in [0.2, 0.25) is 0 Å². The van der Waals surface area contributed by atoms with Gasteiger partial charge in [0, 0.05) is 32.6 Å². The third-order valence-electron chi connectivity index (χ3n) is 3.23. The predicted molar refractivity (Wildman–Crippen MR) is 73.5 cm³/mol. The zero-order chi connectivity index (χ0) is 13.2. The molecule has 18 heavy (non-hydrogen) atoms. The Bertz CT molecular complexity index is 531. The first-order valence-corrected chi connectivity index (χ1v) is 6.20. The standard InChI is InChI=1S/C14H21N3O/c1-14(2,18-4)10-15-9-12-11-7-5-6-8-13(11)17(3)16-12/h5-8,15H,9-10H2,1-4H3. The van der Waals surface area contributed by atoms with E-state index in [0.29, 0.717) is 0 Å². The van der Waals surface area contributed by atoms with Crippen LogP contribution in [0.3, 0.4) is 0 Å². The van der Waals surface area contributed by atoms with E-state index in [1.807, 2.05) is 23.9 Å². The molecule has 0 amide bonds. The molecule has 0 saturated carbocycles. The zero-order valence-corrected chi connectivity index (χ0v) is 11.5. The summed E-state index contributed by atoms with van der Waals surface area (Å²) in [5, 5.41) is 9.16. The van der Waals surface area contributed by atoms with Crippen LogP contribution in [-0.4, -0.2) is 29.0 Å². The second kappa shape index (κ2) is 5.08. The van der Waals surface area contributed by atoms with Crippen LogP contribution in [0.1, 0.15) is 19.5 Å². The Hall–Kier alpha value is -1.39. The minimum atomic E-state index is -0.148. The lowest BCUT2D eigenvalue weighted by Crippen LogP contribution is -2.36. The van der Waals surface area contributed by atoms with E-state index in [-0.39, 0.29) is 5.60 Å². The fourth-order valence-electron chi connectivity index (χ4n) is 1.97. The Labute approximate surface area is 108 Å². The minimum Gasteiger partial charge on any atom is -0.377 e. The normalized spacial score (nSPS) is 12.2. The third kappa shape index (κ3) is 2.71. The fraction of sp³-hybridized carbons (Fsp3) is 0.500. The van der Waals surface area contributed by atoms with Gasteiger partial charge in [0.2, 0.25) is 0 Å². The Morgan fingerprint density at radius 2 is 2.06 bits per heavy atom. The van der Waals surface area contributed by atoms with Crippen LogP contribution >= 0.6 is 0 Å². The largest absolute Gasteiger partial charge is 0.377 e. The van der Waals surface area contributed by atoms with Crippen LogP contribution < -0.4 is 5.32 Å². The number of hydrogen-bond donors (Lipinski definition) is 1. The quantitative estimate of drug-likeness (QED) is 0.879. The highest BCUT2D eigenvalue weighted by Gasteiger charge is 2.16. The van der Waals surface area contributed by atoms with Crippen molar-refractivity contribution in [1.29, 1.82) is 0 Å². The second-order valence-corrected chi connectivity index (χ2v) is 5.15. The van der Waals surface area contributed by atoms with Crippen molar-refractivity contribution in [2.75, 3.05) is 13.7 Å². The summed E-state index contributed by atoms with van der Waals surface area (Å²) in [6.45, 7) is 5.69. The molecule has 2 rings (SSSR count). The van der Waals surface area contributed by atoms with Gasteiger partial charge in [-0.2, -0.15) is 5.10 Å². The van der Waals surface area contributed by atoms with Gasteiger partial charge in [-0.15, -0.1) is 0 Å². The van der Waals surface area contributed by atoms with Gasteiger partial charge in [-0.3, -0.25) is 4.68 Å². The van der Waals surface area contributed by atoms with Gasteiger partial charge in [-0.05, 0) is 19.9 Å². The van der Waals surface area contributed by atoms with Crippen LogP contribution in [0, 0.1) is 0 Å². The number of benzene rings is 1. The van der Waals surface area contributed by atoms with Crippen molar-refractivity contribution in [1.82, 2.24) is 15.1 Å². The summed E-state index contributed by atoms with van der Waals surface area (Å²) in [5.41, 5.74) is 2.10. The van der Waals surface area contributed by atoms with E-state index in [2.05, 4.69) is 36.4 Å². The lowest BCUT2D eigenvalue weighted by Gasteiger charge is -2.22. The first kappa shape index (κ1) is 13.1. The van der Waals surface area contributed by atoms with E-state index in [1.165, 1.54) is 10.9 Å². The maximum Gasteiger partial charge on any atom is 0.0841 e. The SMILES string of the molecule is COC(C)(C)CNCc1nn(C)c2ccccc12. The van der Waals surface area contributed by atoms with Gasteiger partial charge in [0.15, 0.2) is 0 Å². The number of para-hydroxylation sites is 1. The molecule has 1 N–H and O–H groups in total. The molecule has 0 bridgehead atoms. The lowest BCUT2D eigenvalue weighted by atomic mass is 10.1. The minimum absolute atomic E-state index is 0.148. The van der Waals surface area contributed by atoms with Gasteiger partial charge in [-0.1, -0.05) is 18.2 Å². The molecule has 98 valence electrons.